The molecule has 2 aliphatic heterocycles. The van der Waals surface area contributed by atoms with E-state index in [-0.39, 0.29) is 18.1 Å². The van der Waals surface area contributed by atoms with E-state index in [4.69, 9.17) is 9.47 Å². The van der Waals surface area contributed by atoms with E-state index in [1.807, 2.05) is 35.2 Å². The van der Waals surface area contributed by atoms with Crippen LogP contribution in [0.3, 0.4) is 0 Å². The predicted molar refractivity (Wildman–Crippen MR) is 111 cm³/mol. The summed E-state index contributed by atoms with van der Waals surface area (Å²) in [6, 6.07) is 13.7. The SMILES string of the molecule is CC1(Cc2ccc3c(c2)OCO3)CCCN(C(=O)c2ccccc2-n2cncn2)C1. The van der Waals surface area contributed by atoms with Gasteiger partial charge in [0.05, 0.1) is 11.3 Å². The molecule has 0 radical (unpaired) electrons. The maximum atomic E-state index is 13.4. The Morgan fingerprint density at radius 2 is 2.03 bits per heavy atom. The maximum absolute atomic E-state index is 13.4. The molecule has 1 saturated heterocycles. The summed E-state index contributed by atoms with van der Waals surface area (Å²) in [6.07, 6.45) is 6.04. The van der Waals surface area contributed by atoms with E-state index >= 15 is 0 Å². The highest BCUT2D eigenvalue weighted by Gasteiger charge is 2.34. The first-order valence-electron chi connectivity index (χ1n) is 10.2. The van der Waals surface area contributed by atoms with Crippen molar-refractivity contribution < 1.29 is 14.3 Å². The maximum Gasteiger partial charge on any atom is 0.256 e. The largest absolute Gasteiger partial charge is 0.454 e. The number of piperidine rings is 1. The smallest absolute Gasteiger partial charge is 0.256 e. The lowest BCUT2D eigenvalue weighted by atomic mass is 9.76. The fourth-order valence-corrected chi connectivity index (χ4v) is 4.53. The lowest BCUT2D eigenvalue weighted by Crippen LogP contribution is -2.46. The van der Waals surface area contributed by atoms with Gasteiger partial charge in [-0.3, -0.25) is 4.79 Å². The van der Waals surface area contributed by atoms with Gasteiger partial charge in [0, 0.05) is 13.1 Å². The number of rotatable bonds is 4. The molecule has 0 bridgehead atoms. The Balaban J connectivity index is 1.36. The Hall–Kier alpha value is -3.35. The van der Waals surface area contributed by atoms with Gasteiger partial charge in [0.2, 0.25) is 6.79 Å². The number of hydrogen-bond donors (Lipinski definition) is 0. The molecular formula is C23H24N4O3. The van der Waals surface area contributed by atoms with Crippen LogP contribution < -0.4 is 9.47 Å². The number of fused-ring (bicyclic) bond motifs is 1. The van der Waals surface area contributed by atoms with Crippen LogP contribution in [0.5, 0.6) is 11.5 Å². The number of benzene rings is 2. The topological polar surface area (TPSA) is 69.5 Å². The molecule has 7 heteroatoms. The third-order valence-electron chi connectivity index (χ3n) is 5.94. The van der Waals surface area contributed by atoms with Crippen molar-refractivity contribution in [3.8, 4) is 17.2 Å². The van der Waals surface area contributed by atoms with Crippen molar-refractivity contribution in [3.63, 3.8) is 0 Å². The van der Waals surface area contributed by atoms with E-state index in [9.17, 15) is 4.79 Å². The van der Waals surface area contributed by atoms with Crippen molar-refractivity contribution in [3.05, 3.63) is 66.2 Å². The van der Waals surface area contributed by atoms with E-state index in [1.54, 1.807) is 11.0 Å². The highest BCUT2D eigenvalue weighted by molar-refractivity contribution is 5.97. The van der Waals surface area contributed by atoms with E-state index in [0.717, 1.165) is 43.0 Å². The van der Waals surface area contributed by atoms with Crippen LogP contribution in [0.1, 0.15) is 35.7 Å². The summed E-state index contributed by atoms with van der Waals surface area (Å²) < 4.78 is 12.6. The van der Waals surface area contributed by atoms with Crippen molar-refractivity contribution >= 4 is 5.91 Å². The normalized spacial score (nSPS) is 20.4. The second-order valence-electron chi connectivity index (χ2n) is 8.36. The molecular weight excluding hydrogens is 380 g/mol. The van der Waals surface area contributed by atoms with Gasteiger partial charge in [-0.25, -0.2) is 9.67 Å². The number of carbonyl (C=O) groups is 1. The molecule has 1 fully saturated rings. The second kappa shape index (κ2) is 7.48. The van der Waals surface area contributed by atoms with Crippen LogP contribution in [0.4, 0.5) is 0 Å². The lowest BCUT2D eigenvalue weighted by molar-refractivity contribution is 0.0550. The minimum Gasteiger partial charge on any atom is -0.454 e. The lowest BCUT2D eigenvalue weighted by Gasteiger charge is -2.41. The fourth-order valence-electron chi connectivity index (χ4n) is 4.53. The van der Waals surface area contributed by atoms with E-state index in [0.29, 0.717) is 12.1 Å². The molecule has 5 rings (SSSR count). The molecule has 0 N–H and O–H groups in total. The summed E-state index contributed by atoms with van der Waals surface area (Å²) >= 11 is 0. The number of aromatic nitrogens is 3. The van der Waals surface area contributed by atoms with Gasteiger partial charge in [0.25, 0.3) is 5.91 Å². The van der Waals surface area contributed by atoms with Gasteiger partial charge >= 0.3 is 0 Å². The summed E-state index contributed by atoms with van der Waals surface area (Å²) in [7, 11) is 0. The molecule has 2 aromatic carbocycles. The van der Waals surface area contributed by atoms with Crippen LogP contribution in [-0.2, 0) is 6.42 Å². The molecule has 1 aromatic heterocycles. The summed E-state index contributed by atoms with van der Waals surface area (Å²) in [5.74, 6) is 1.65. The molecule has 1 amide bonds. The first-order valence-corrected chi connectivity index (χ1v) is 10.2. The number of ether oxygens (including phenoxy) is 2. The Kier molecular flexibility index (Phi) is 4.65. The van der Waals surface area contributed by atoms with Gasteiger partial charge in [-0.1, -0.05) is 25.1 Å². The van der Waals surface area contributed by atoms with E-state index < -0.39 is 0 Å². The summed E-state index contributed by atoms with van der Waals surface area (Å²) in [4.78, 5) is 19.4. The van der Waals surface area contributed by atoms with Crippen molar-refractivity contribution in [2.75, 3.05) is 19.9 Å². The standard InChI is InChI=1S/C23H24N4O3/c1-23(12-17-7-8-20-21(11-17)30-16-29-20)9-4-10-26(13-23)22(28)18-5-2-3-6-19(18)27-15-24-14-25-27/h2-3,5-8,11,14-15H,4,9-10,12-13,16H2,1H3. The number of para-hydroxylation sites is 1. The van der Waals surface area contributed by atoms with Crippen LogP contribution in [0.15, 0.2) is 55.1 Å². The van der Waals surface area contributed by atoms with Gasteiger partial charge in [0.1, 0.15) is 12.7 Å². The quantitative estimate of drug-likeness (QED) is 0.666. The molecule has 0 saturated carbocycles. The van der Waals surface area contributed by atoms with Crippen LogP contribution >= 0.6 is 0 Å². The summed E-state index contributed by atoms with van der Waals surface area (Å²) in [5.41, 5.74) is 2.61. The Morgan fingerprint density at radius 3 is 2.90 bits per heavy atom. The molecule has 0 aliphatic carbocycles. The third kappa shape index (κ3) is 3.51. The molecule has 3 heterocycles. The van der Waals surface area contributed by atoms with Crippen LogP contribution in [-0.4, -0.2) is 45.5 Å². The van der Waals surface area contributed by atoms with Crippen molar-refractivity contribution in [2.45, 2.75) is 26.2 Å². The summed E-state index contributed by atoms with van der Waals surface area (Å²) in [6.45, 7) is 4.02. The molecule has 154 valence electrons. The van der Waals surface area contributed by atoms with Gasteiger partial charge < -0.3 is 14.4 Å². The van der Waals surface area contributed by atoms with Crippen molar-refractivity contribution in [1.29, 1.82) is 0 Å². The number of nitrogens with zero attached hydrogens (tertiary/aromatic N) is 4. The summed E-state index contributed by atoms with van der Waals surface area (Å²) in [5, 5.41) is 4.20. The van der Waals surface area contributed by atoms with Crippen LogP contribution in [0, 0.1) is 5.41 Å². The minimum absolute atomic E-state index is 0.00378. The van der Waals surface area contributed by atoms with Gasteiger partial charge in [0.15, 0.2) is 11.5 Å². The number of likely N-dealkylation sites (tertiary alicyclic amines) is 1. The minimum atomic E-state index is 0.00378. The Morgan fingerprint density at radius 1 is 1.17 bits per heavy atom. The van der Waals surface area contributed by atoms with Crippen LogP contribution in [0.25, 0.3) is 5.69 Å². The molecule has 1 atom stereocenters. The average Bonchev–Trinajstić information content (AvgIpc) is 3.45. The number of hydrogen-bond acceptors (Lipinski definition) is 5. The van der Waals surface area contributed by atoms with E-state index in [1.165, 1.54) is 11.9 Å². The highest BCUT2D eigenvalue weighted by Crippen LogP contribution is 2.38. The Labute approximate surface area is 175 Å². The fraction of sp³-hybridized carbons (Fsp3) is 0.348. The first kappa shape index (κ1) is 18.7. The number of amides is 1. The molecule has 7 nitrogen and oxygen atoms in total. The van der Waals surface area contributed by atoms with Gasteiger partial charge in [-0.05, 0) is 54.5 Å². The monoisotopic (exact) mass is 404 g/mol. The zero-order valence-electron chi connectivity index (χ0n) is 17.0. The number of carbonyl (C=O) groups excluding carboxylic acids is 1. The van der Waals surface area contributed by atoms with Crippen molar-refractivity contribution in [1.82, 2.24) is 19.7 Å². The first-order chi connectivity index (χ1) is 14.6. The molecule has 0 spiro atoms. The highest BCUT2D eigenvalue weighted by atomic mass is 16.7. The van der Waals surface area contributed by atoms with Gasteiger partial charge in [-0.2, -0.15) is 5.10 Å². The second-order valence-corrected chi connectivity index (χ2v) is 8.36. The zero-order chi connectivity index (χ0) is 20.6. The predicted octanol–water partition coefficient (Wildman–Crippen LogP) is 3.48. The average molecular weight is 404 g/mol. The van der Waals surface area contributed by atoms with E-state index in [2.05, 4.69) is 29.1 Å². The van der Waals surface area contributed by atoms with Gasteiger partial charge in [-0.15, -0.1) is 0 Å². The Bertz CT molecular complexity index is 1070. The molecule has 30 heavy (non-hydrogen) atoms. The van der Waals surface area contributed by atoms with Crippen molar-refractivity contribution in [2.24, 2.45) is 5.41 Å². The third-order valence-corrected chi connectivity index (χ3v) is 5.94. The molecule has 1 unspecified atom stereocenters. The van der Waals surface area contributed by atoms with Crippen LogP contribution in [0.2, 0.25) is 0 Å². The molecule has 2 aliphatic rings. The molecule has 3 aromatic rings. The zero-order valence-corrected chi connectivity index (χ0v) is 17.0.